The first-order valence-electron chi connectivity index (χ1n) is 9.99. The summed E-state index contributed by atoms with van der Waals surface area (Å²) in [5.74, 6) is 0.0954. The maximum atomic E-state index is 13.4. The van der Waals surface area contributed by atoms with Crippen molar-refractivity contribution in [3.05, 3.63) is 88.9 Å². The van der Waals surface area contributed by atoms with Gasteiger partial charge in [-0.3, -0.25) is 9.10 Å². The van der Waals surface area contributed by atoms with Crippen LogP contribution in [0, 0.1) is 6.92 Å². The molecule has 3 aromatic carbocycles. The van der Waals surface area contributed by atoms with Gasteiger partial charge >= 0.3 is 0 Å². The molecule has 0 aliphatic carbocycles. The molecule has 1 amide bonds. The number of rotatable bonds is 8. The molecule has 8 heteroatoms. The smallest absolute Gasteiger partial charge is 0.264 e. The van der Waals surface area contributed by atoms with E-state index in [1.807, 2.05) is 38.1 Å². The van der Waals surface area contributed by atoms with Crippen molar-refractivity contribution >= 4 is 33.2 Å². The summed E-state index contributed by atoms with van der Waals surface area (Å²) in [5, 5.41) is 3.24. The number of benzene rings is 3. The minimum Gasteiger partial charge on any atom is -0.497 e. The van der Waals surface area contributed by atoms with Gasteiger partial charge in [0.15, 0.2) is 0 Å². The van der Waals surface area contributed by atoms with Crippen LogP contribution >= 0.6 is 11.6 Å². The molecule has 3 rings (SSSR count). The van der Waals surface area contributed by atoms with Crippen molar-refractivity contribution in [2.45, 2.75) is 24.8 Å². The Bertz CT molecular complexity index is 1180. The van der Waals surface area contributed by atoms with Crippen molar-refractivity contribution in [1.82, 2.24) is 5.32 Å². The summed E-state index contributed by atoms with van der Waals surface area (Å²) < 4.78 is 33.0. The van der Waals surface area contributed by atoms with Crippen molar-refractivity contribution in [2.75, 3.05) is 18.0 Å². The van der Waals surface area contributed by atoms with E-state index in [0.717, 1.165) is 15.4 Å². The maximum absolute atomic E-state index is 13.4. The lowest BCUT2D eigenvalue weighted by molar-refractivity contribution is -0.120. The van der Waals surface area contributed by atoms with Crippen molar-refractivity contribution in [1.29, 1.82) is 0 Å². The summed E-state index contributed by atoms with van der Waals surface area (Å²) in [5.41, 5.74) is 2.34. The van der Waals surface area contributed by atoms with Crippen LogP contribution in [0.25, 0.3) is 0 Å². The summed E-state index contributed by atoms with van der Waals surface area (Å²) in [6.07, 6.45) is 0. The number of carbonyl (C=O) groups excluding carboxylic acids is 1. The maximum Gasteiger partial charge on any atom is 0.264 e. The van der Waals surface area contributed by atoms with Gasteiger partial charge in [-0.15, -0.1) is 0 Å². The number of carbonyl (C=O) groups is 1. The standard InChI is InChI=1S/C24H25ClN2O4S/c1-17-7-9-19(10-8-17)18(2)26-24(28)16-27(21-6-4-5-20(25)15-21)32(29,30)23-13-11-22(31-3)12-14-23/h4-15,18H,16H2,1-3H3,(H,26,28)/t18-/m1/s1. The normalized spacial score (nSPS) is 12.1. The van der Waals surface area contributed by atoms with Gasteiger partial charge < -0.3 is 10.1 Å². The van der Waals surface area contributed by atoms with Gasteiger partial charge in [-0.05, 0) is 61.9 Å². The first-order valence-corrected chi connectivity index (χ1v) is 11.8. The summed E-state index contributed by atoms with van der Waals surface area (Å²) in [4.78, 5) is 12.9. The van der Waals surface area contributed by atoms with Gasteiger partial charge in [0.05, 0.1) is 23.7 Å². The van der Waals surface area contributed by atoms with Gasteiger partial charge in [0.1, 0.15) is 12.3 Å². The van der Waals surface area contributed by atoms with Gasteiger partial charge in [0.25, 0.3) is 10.0 Å². The number of sulfonamides is 1. The van der Waals surface area contributed by atoms with Crippen LogP contribution in [0.5, 0.6) is 5.75 Å². The van der Waals surface area contributed by atoms with Crippen LogP contribution in [0.2, 0.25) is 5.02 Å². The Morgan fingerprint density at radius 1 is 1.06 bits per heavy atom. The van der Waals surface area contributed by atoms with E-state index >= 15 is 0 Å². The van der Waals surface area contributed by atoms with Crippen LogP contribution in [-0.2, 0) is 14.8 Å². The molecule has 0 radical (unpaired) electrons. The molecule has 0 aliphatic rings. The third kappa shape index (κ3) is 5.60. The van der Waals surface area contributed by atoms with Gasteiger partial charge in [-0.25, -0.2) is 8.42 Å². The number of hydrogen-bond acceptors (Lipinski definition) is 4. The summed E-state index contributed by atoms with van der Waals surface area (Å²) in [6.45, 7) is 3.44. The molecule has 3 aromatic rings. The Morgan fingerprint density at radius 2 is 1.72 bits per heavy atom. The first kappa shape index (κ1) is 23.6. The highest BCUT2D eigenvalue weighted by Crippen LogP contribution is 2.27. The van der Waals surface area contributed by atoms with Crippen LogP contribution in [0.4, 0.5) is 5.69 Å². The first-order chi connectivity index (χ1) is 15.2. The van der Waals surface area contributed by atoms with Crippen LogP contribution in [0.3, 0.4) is 0 Å². The fourth-order valence-electron chi connectivity index (χ4n) is 3.18. The number of anilines is 1. The van der Waals surface area contributed by atoms with E-state index in [2.05, 4.69) is 5.32 Å². The van der Waals surface area contributed by atoms with Crippen molar-refractivity contribution in [3.8, 4) is 5.75 Å². The quantitative estimate of drug-likeness (QED) is 0.514. The van der Waals surface area contributed by atoms with Crippen molar-refractivity contribution in [3.63, 3.8) is 0 Å². The molecule has 0 unspecified atom stereocenters. The molecule has 0 aromatic heterocycles. The zero-order valence-electron chi connectivity index (χ0n) is 18.1. The molecule has 0 spiro atoms. The van der Waals surface area contributed by atoms with Crippen molar-refractivity contribution < 1.29 is 17.9 Å². The number of nitrogens with one attached hydrogen (secondary N) is 1. The lowest BCUT2D eigenvalue weighted by atomic mass is 10.1. The molecule has 0 bridgehead atoms. The number of halogens is 1. The Kier molecular flexibility index (Phi) is 7.43. The largest absolute Gasteiger partial charge is 0.497 e. The van der Waals surface area contributed by atoms with Crippen LogP contribution in [-0.4, -0.2) is 28.0 Å². The van der Waals surface area contributed by atoms with Crippen molar-refractivity contribution in [2.24, 2.45) is 0 Å². The third-order valence-electron chi connectivity index (χ3n) is 4.99. The molecule has 1 N–H and O–H groups in total. The second-order valence-corrected chi connectivity index (χ2v) is 9.67. The zero-order chi connectivity index (χ0) is 23.3. The van der Waals surface area contributed by atoms with Crippen LogP contribution < -0.4 is 14.4 Å². The van der Waals surface area contributed by atoms with Gasteiger partial charge in [0.2, 0.25) is 5.91 Å². The number of methoxy groups -OCH3 is 1. The number of ether oxygens (including phenoxy) is 1. The molecule has 0 heterocycles. The molecule has 32 heavy (non-hydrogen) atoms. The third-order valence-corrected chi connectivity index (χ3v) is 7.01. The highest BCUT2D eigenvalue weighted by Gasteiger charge is 2.28. The molecule has 168 valence electrons. The van der Waals surface area contributed by atoms with Gasteiger partial charge in [-0.1, -0.05) is 47.5 Å². The predicted molar refractivity (Wildman–Crippen MR) is 127 cm³/mol. The highest BCUT2D eigenvalue weighted by atomic mass is 35.5. The van der Waals surface area contributed by atoms with Gasteiger partial charge in [-0.2, -0.15) is 0 Å². The topological polar surface area (TPSA) is 75.7 Å². The van der Waals surface area contributed by atoms with E-state index in [1.165, 1.54) is 25.3 Å². The minimum absolute atomic E-state index is 0.0395. The van der Waals surface area contributed by atoms with E-state index < -0.39 is 22.5 Å². The summed E-state index contributed by atoms with van der Waals surface area (Å²) in [7, 11) is -2.54. The number of aryl methyl sites for hydroxylation is 1. The Morgan fingerprint density at radius 3 is 2.31 bits per heavy atom. The second kappa shape index (κ2) is 10.1. The average molecular weight is 473 g/mol. The monoisotopic (exact) mass is 472 g/mol. The predicted octanol–water partition coefficient (Wildman–Crippen LogP) is 4.73. The van der Waals surface area contributed by atoms with Gasteiger partial charge in [0, 0.05) is 5.02 Å². The number of hydrogen-bond donors (Lipinski definition) is 1. The molecule has 1 atom stereocenters. The fourth-order valence-corrected chi connectivity index (χ4v) is 4.77. The molecule has 6 nitrogen and oxygen atoms in total. The van der Waals surface area contributed by atoms with E-state index in [0.29, 0.717) is 16.5 Å². The van der Waals surface area contributed by atoms with E-state index in [4.69, 9.17) is 16.3 Å². The highest BCUT2D eigenvalue weighted by molar-refractivity contribution is 7.92. The zero-order valence-corrected chi connectivity index (χ0v) is 19.7. The molecule has 0 fully saturated rings. The molecule has 0 saturated heterocycles. The fraction of sp³-hybridized carbons (Fsp3) is 0.208. The van der Waals surface area contributed by atoms with Crippen LogP contribution in [0.15, 0.2) is 77.7 Å². The number of nitrogens with zero attached hydrogens (tertiary/aromatic N) is 1. The van der Waals surface area contributed by atoms with E-state index in [-0.39, 0.29) is 10.9 Å². The lowest BCUT2D eigenvalue weighted by Crippen LogP contribution is -2.41. The Balaban J connectivity index is 1.89. The molecular formula is C24H25ClN2O4S. The summed E-state index contributed by atoms with van der Waals surface area (Å²) in [6, 6.07) is 19.9. The van der Waals surface area contributed by atoms with E-state index in [1.54, 1.807) is 30.3 Å². The Labute approximate surface area is 193 Å². The molecule has 0 saturated carbocycles. The van der Waals surface area contributed by atoms with E-state index in [9.17, 15) is 13.2 Å². The van der Waals surface area contributed by atoms with Crippen LogP contribution in [0.1, 0.15) is 24.1 Å². The Hall–Kier alpha value is -3.03. The minimum atomic E-state index is -4.04. The molecule has 0 aliphatic heterocycles. The SMILES string of the molecule is COc1ccc(S(=O)(=O)N(CC(=O)N[C@H](C)c2ccc(C)cc2)c2cccc(Cl)c2)cc1. The second-order valence-electron chi connectivity index (χ2n) is 7.37. The lowest BCUT2D eigenvalue weighted by Gasteiger charge is -2.25. The average Bonchev–Trinajstić information content (AvgIpc) is 2.77. The summed E-state index contributed by atoms with van der Waals surface area (Å²) >= 11 is 6.10. The molecular weight excluding hydrogens is 448 g/mol. The number of amides is 1.